The summed E-state index contributed by atoms with van der Waals surface area (Å²) in [5, 5.41) is 3.82. The summed E-state index contributed by atoms with van der Waals surface area (Å²) < 4.78 is 28.5. The molecule has 0 aliphatic rings. The van der Waals surface area contributed by atoms with Crippen LogP contribution in [-0.2, 0) is 26.2 Å². The molecule has 0 spiro atoms. The van der Waals surface area contributed by atoms with E-state index in [-0.39, 0.29) is 29.1 Å². The molecule has 11 heteroatoms. The minimum Gasteiger partial charge on any atom is -0.352 e. The average Bonchev–Trinajstić information content (AvgIpc) is 2.91. The van der Waals surface area contributed by atoms with E-state index in [9.17, 15) is 18.0 Å². The molecule has 0 aromatic heterocycles. The van der Waals surface area contributed by atoms with Gasteiger partial charge in [0.2, 0.25) is 11.8 Å². The molecule has 7 nitrogen and oxygen atoms in total. The maximum Gasteiger partial charge on any atom is 0.264 e. The number of rotatable bonds is 11. The fourth-order valence-corrected chi connectivity index (χ4v) is 5.91. The molecule has 0 heterocycles. The Morgan fingerprint density at radius 2 is 1.51 bits per heavy atom. The third kappa shape index (κ3) is 7.66. The number of benzene rings is 3. The molecule has 39 heavy (non-hydrogen) atoms. The van der Waals surface area contributed by atoms with Crippen molar-refractivity contribution < 1.29 is 18.0 Å². The SMILES string of the molecule is CC[C@@H](C)NC(=O)[C@H](C)N(Cc1c(Cl)cccc1Cl)C(=O)CN(c1cccc(Cl)c1)S(=O)(=O)c1ccccc1. The highest BCUT2D eigenvalue weighted by molar-refractivity contribution is 7.92. The fraction of sp³-hybridized carbons (Fsp3) is 0.286. The first-order valence-corrected chi connectivity index (χ1v) is 14.9. The van der Waals surface area contributed by atoms with E-state index >= 15 is 0 Å². The Bertz CT molecular complexity index is 1400. The lowest BCUT2D eigenvalue weighted by Gasteiger charge is -2.32. The van der Waals surface area contributed by atoms with Gasteiger partial charge in [0, 0.05) is 33.2 Å². The van der Waals surface area contributed by atoms with E-state index in [1.807, 2.05) is 13.8 Å². The molecule has 0 radical (unpaired) electrons. The zero-order chi connectivity index (χ0) is 28.7. The monoisotopic (exact) mass is 609 g/mol. The number of amides is 2. The summed E-state index contributed by atoms with van der Waals surface area (Å²) in [6.07, 6.45) is 0.695. The molecule has 0 aliphatic carbocycles. The van der Waals surface area contributed by atoms with Crippen LogP contribution in [0.5, 0.6) is 0 Å². The lowest BCUT2D eigenvalue weighted by atomic mass is 10.1. The van der Waals surface area contributed by atoms with Gasteiger partial charge in [0.25, 0.3) is 10.0 Å². The Labute approximate surface area is 244 Å². The van der Waals surface area contributed by atoms with Crippen molar-refractivity contribution in [1.82, 2.24) is 10.2 Å². The van der Waals surface area contributed by atoms with Crippen LogP contribution in [0, 0.1) is 0 Å². The van der Waals surface area contributed by atoms with Gasteiger partial charge < -0.3 is 10.2 Å². The van der Waals surface area contributed by atoms with E-state index in [0.29, 0.717) is 27.1 Å². The molecule has 3 aromatic carbocycles. The zero-order valence-electron chi connectivity index (χ0n) is 21.8. The largest absolute Gasteiger partial charge is 0.352 e. The molecule has 0 fully saturated rings. The van der Waals surface area contributed by atoms with Crippen molar-refractivity contribution in [2.75, 3.05) is 10.8 Å². The van der Waals surface area contributed by atoms with E-state index in [0.717, 1.165) is 4.31 Å². The number of hydrogen-bond acceptors (Lipinski definition) is 4. The topological polar surface area (TPSA) is 86.8 Å². The first-order chi connectivity index (χ1) is 18.4. The first-order valence-electron chi connectivity index (χ1n) is 12.3. The molecular weight excluding hydrogens is 581 g/mol. The Morgan fingerprint density at radius 3 is 2.10 bits per heavy atom. The molecule has 0 saturated carbocycles. The molecule has 2 amide bonds. The number of carbonyl (C=O) groups is 2. The normalized spacial score (nSPS) is 12.9. The van der Waals surface area contributed by atoms with Crippen molar-refractivity contribution >= 4 is 62.3 Å². The number of halogens is 3. The van der Waals surface area contributed by atoms with E-state index < -0.39 is 28.5 Å². The number of hydrogen-bond donors (Lipinski definition) is 1. The van der Waals surface area contributed by atoms with Gasteiger partial charge in [-0.2, -0.15) is 0 Å². The Hall–Kier alpha value is -2.78. The standard InChI is InChI=1S/C28H30Cl3N3O4S/c1-4-19(2)32-28(36)20(3)33(17-24-25(30)14-9-15-26(24)31)27(35)18-34(22-11-8-10-21(29)16-22)39(37,38)23-12-6-5-7-13-23/h5-16,19-20H,4,17-18H2,1-3H3,(H,32,36)/t19-,20+/m1/s1. The second-order valence-electron chi connectivity index (χ2n) is 9.02. The van der Waals surface area contributed by atoms with Gasteiger partial charge in [-0.3, -0.25) is 13.9 Å². The predicted octanol–water partition coefficient (Wildman–Crippen LogP) is 6.17. The van der Waals surface area contributed by atoms with Crippen molar-refractivity contribution in [2.24, 2.45) is 0 Å². The van der Waals surface area contributed by atoms with Crippen molar-refractivity contribution in [3.63, 3.8) is 0 Å². The van der Waals surface area contributed by atoms with Gasteiger partial charge in [0.15, 0.2) is 0 Å². The van der Waals surface area contributed by atoms with Gasteiger partial charge in [-0.15, -0.1) is 0 Å². The highest BCUT2D eigenvalue weighted by Gasteiger charge is 2.33. The molecule has 2 atom stereocenters. The van der Waals surface area contributed by atoms with Crippen LogP contribution in [0.2, 0.25) is 15.1 Å². The van der Waals surface area contributed by atoms with Crippen LogP contribution in [0.4, 0.5) is 5.69 Å². The highest BCUT2D eigenvalue weighted by Crippen LogP contribution is 2.29. The quantitative estimate of drug-likeness (QED) is 0.281. The second kappa shape index (κ2) is 13.5. The molecule has 0 saturated heterocycles. The Morgan fingerprint density at radius 1 is 0.897 bits per heavy atom. The van der Waals surface area contributed by atoms with Gasteiger partial charge in [-0.25, -0.2) is 8.42 Å². The molecular formula is C28H30Cl3N3O4S. The minimum absolute atomic E-state index is 0.000959. The molecule has 0 aliphatic heterocycles. The lowest BCUT2D eigenvalue weighted by Crippen LogP contribution is -2.52. The summed E-state index contributed by atoms with van der Waals surface area (Å²) in [4.78, 5) is 28.3. The molecule has 0 bridgehead atoms. The molecule has 1 N–H and O–H groups in total. The maximum absolute atomic E-state index is 13.9. The third-order valence-electron chi connectivity index (χ3n) is 6.26. The van der Waals surface area contributed by atoms with Gasteiger partial charge in [0.05, 0.1) is 10.6 Å². The van der Waals surface area contributed by atoms with Crippen molar-refractivity contribution in [3.05, 3.63) is 93.4 Å². The van der Waals surface area contributed by atoms with E-state index in [2.05, 4.69) is 5.32 Å². The first kappa shape index (κ1) is 30.8. The van der Waals surface area contributed by atoms with E-state index in [1.54, 1.807) is 61.5 Å². The molecule has 3 rings (SSSR count). The van der Waals surface area contributed by atoms with Gasteiger partial charge in [0.1, 0.15) is 12.6 Å². The van der Waals surface area contributed by atoms with Crippen LogP contribution < -0.4 is 9.62 Å². The highest BCUT2D eigenvalue weighted by atomic mass is 35.5. The Kier molecular flexibility index (Phi) is 10.7. The van der Waals surface area contributed by atoms with Crippen molar-refractivity contribution in [2.45, 2.75) is 50.7 Å². The van der Waals surface area contributed by atoms with Gasteiger partial charge in [-0.05, 0) is 62.7 Å². The number of sulfonamides is 1. The number of nitrogens with one attached hydrogen (secondary N) is 1. The lowest BCUT2D eigenvalue weighted by molar-refractivity contribution is -0.139. The summed E-state index contributed by atoms with van der Waals surface area (Å²) in [5.74, 6) is -1.02. The van der Waals surface area contributed by atoms with Crippen LogP contribution >= 0.6 is 34.8 Å². The van der Waals surface area contributed by atoms with Crippen LogP contribution in [0.1, 0.15) is 32.8 Å². The molecule has 208 valence electrons. The molecule has 0 unspecified atom stereocenters. The van der Waals surface area contributed by atoms with Crippen molar-refractivity contribution in [1.29, 1.82) is 0 Å². The summed E-state index contributed by atoms with van der Waals surface area (Å²) >= 11 is 19.0. The second-order valence-corrected chi connectivity index (χ2v) is 12.1. The summed E-state index contributed by atoms with van der Waals surface area (Å²) in [6.45, 7) is 4.66. The summed E-state index contributed by atoms with van der Waals surface area (Å²) in [6, 6.07) is 17.8. The summed E-state index contributed by atoms with van der Waals surface area (Å²) in [7, 11) is -4.18. The van der Waals surface area contributed by atoms with Crippen LogP contribution in [0.3, 0.4) is 0 Å². The number of carbonyl (C=O) groups excluding carboxylic acids is 2. The number of anilines is 1. The van der Waals surface area contributed by atoms with E-state index in [4.69, 9.17) is 34.8 Å². The molecule has 3 aromatic rings. The zero-order valence-corrected chi connectivity index (χ0v) is 24.9. The van der Waals surface area contributed by atoms with Crippen molar-refractivity contribution in [3.8, 4) is 0 Å². The third-order valence-corrected chi connectivity index (χ3v) is 9.00. The maximum atomic E-state index is 13.9. The van der Waals surface area contributed by atoms with Crippen LogP contribution in [-0.4, -0.2) is 43.8 Å². The van der Waals surface area contributed by atoms with Crippen LogP contribution in [0.25, 0.3) is 0 Å². The fourth-order valence-electron chi connectivity index (χ4n) is 3.78. The minimum atomic E-state index is -4.18. The van der Waals surface area contributed by atoms with Gasteiger partial charge in [-0.1, -0.05) is 72.1 Å². The number of nitrogens with zero attached hydrogens (tertiary/aromatic N) is 2. The smallest absolute Gasteiger partial charge is 0.264 e. The van der Waals surface area contributed by atoms with Gasteiger partial charge >= 0.3 is 0 Å². The van der Waals surface area contributed by atoms with E-state index in [1.165, 1.54) is 23.1 Å². The summed E-state index contributed by atoms with van der Waals surface area (Å²) in [5.41, 5.74) is 0.643. The average molecular weight is 611 g/mol. The van der Waals surface area contributed by atoms with Crippen LogP contribution in [0.15, 0.2) is 77.7 Å². The Balaban J connectivity index is 2.06. The predicted molar refractivity (Wildman–Crippen MR) is 157 cm³/mol.